The van der Waals surface area contributed by atoms with Crippen LogP contribution in [0.1, 0.15) is 25.3 Å². The molecule has 3 rings (SSSR count). The Balaban J connectivity index is 1.50. The van der Waals surface area contributed by atoms with Crippen LogP contribution >= 0.6 is 15.9 Å². The third-order valence-electron chi connectivity index (χ3n) is 4.89. The molecule has 1 saturated heterocycles. The van der Waals surface area contributed by atoms with Gasteiger partial charge in [0.2, 0.25) is 5.91 Å². The topological polar surface area (TPSA) is 71.5 Å². The van der Waals surface area contributed by atoms with Gasteiger partial charge >= 0.3 is 0 Å². The van der Waals surface area contributed by atoms with Crippen molar-refractivity contribution in [3.63, 3.8) is 0 Å². The SMILES string of the molecule is Cc1ccc(NC(=O)C2CCN(C(=O)C(C)Oc3ccc(F)cc3Br)CC2)nc1. The molecule has 1 aliphatic rings. The zero-order chi connectivity index (χ0) is 21.0. The van der Waals surface area contributed by atoms with E-state index in [0.717, 1.165) is 5.56 Å². The van der Waals surface area contributed by atoms with Crippen LogP contribution in [0, 0.1) is 18.7 Å². The summed E-state index contributed by atoms with van der Waals surface area (Å²) in [5, 5.41) is 2.84. The Kier molecular flexibility index (Phi) is 6.84. The molecule has 0 aliphatic carbocycles. The highest BCUT2D eigenvalue weighted by Gasteiger charge is 2.30. The molecule has 0 bridgehead atoms. The molecule has 0 saturated carbocycles. The Morgan fingerprint density at radius 2 is 2.00 bits per heavy atom. The van der Waals surface area contributed by atoms with Gasteiger partial charge in [0.25, 0.3) is 5.91 Å². The molecule has 2 amide bonds. The minimum Gasteiger partial charge on any atom is -0.480 e. The minimum atomic E-state index is -0.709. The number of piperidine rings is 1. The van der Waals surface area contributed by atoms with Gasteiger partial charge in [0.05, 0.1) is 4.47 Å². The van der Waals surface area contributed by atoms with Crippen LogP contribution in [0.25, 0.3) is 0 Å². The highest BCUT2D eigenvalue weighted by molar-refractivity contribution is 9.10. The number of amides is 2. The van der Waals surface area contributed by atoms with E-state index in [1.807, 2.05) is 13.0 Å². The fourth-order valence-corrected chi connectivity index (χ4v) is 3.65. The van der Waals surface area contributed by atoms with Crippen molar-refractivity contribution < 1.29 is 18.7 Å². The molecule has 0 radical (unpaired) electrons. The molecule has 1 unspecified atom stereocenters. The van der Waals surface area contributed by atoms with Gasteiger partial charge in [-0.1, -0.05) is 6.07 Å². The second-order valence-corrected chi connectivity index (χ2v) is 8.00. The van der Waals surface area contributed by atoms with Crippen LogP contribution in [0.15, 0.2) is 41.0 Å². The number of benzene rings is 1. The van der Waals surface area contributed by atoms with Crippen molar-refractivity contribution in [2.45, 2.75) is 32.8 Å². The van der Waals surface area contributed by atoms with E-state index in [2.05, 4.69) is 26.2 Å². The van der Waals surface area contributed by atoms with E-state index in [4.69, 9.17) is 4.74 Å². The molecule has 2 heterocycles. The van der Waals surface area contributed by atoms with E-state index in [-0.39, 0.29) is 23.5 Å². The molecule has 1 aromatic heterocycles. The van der Waals surface area contributed by atoms with Gasteiger partial charge in [-0.15, -0.1) is 0 Å². The molecule has 8 heteroatoms. The second kappa shape index (κ2) is 9.35. The smallest absolute Gasteiger partial charge is 0.263 e. The highest BCUT2D eigenvalue weighted by Crippen LogP contribution is 2.27. The third-order valence-corrected chi connectivity index (χ3v) is 5.51. The Morgan fingerprint density at radius 3 is 2.62 bits per heavy atom. The number of nitrogens with zero attached hydrogens (tertiary/aromatic N) is 2. The molecule has 1 N–H and O–H groups in total. The number of ether oxygens (including phenoxy) is 1. The van der Waals surface area contributed by atoms with Crippen molar-refractivity contribution in [1.29, 1.82) is 0 Å². The van der Waals surface area contributed by atoms with Gasteiger partial charge in [0, 0.05) is 25.2 Å². The number of aryl methyl sites for hydroxylation is 1. The number of halogens is 2. The number of carbonyl (C=O) groups excluding carboxylic acids is 2. The molecule has 0 spiro atoms. The van der Waals surface area contributed by atoms with Crippen molar-refractivity contribution in [2.75, 3.05) is 18.4 Å². The van der Waals surface area contributed by atoms with E-state index in [1.165, 1.54) is 18.2 Å². The zero-order valence-corrected chi connectivity index (χ0v) is 17.9. The van der Waals surface area contributed by atoms with E-state index in [0.29, 0.717) is 42.0 Å². The first kappa shape index (κ1) is 21.2. The average molecular weight is 464 g/mol. The summed E-state index contributed by atoms with van der Waals surface area (Å²) in [7, 11) is 0. The Bertz CT molecular complexity index is 883. The number of aromatic nitrogens is 1. The number of likely N-dealkylation sites (tertiary alicyclic amines) is 1. The summed E-state index contributed by atoms with van der Waals surface area (Å²) in [5.74, 6) is 0.167. The van der Waals surface area contributed by atoms with Crippen molar-refractivity contribution >= 4 is 33.6 Å². The molecule has 154 valence electrons. The summed E-state index contributed by atoms with van der Waals surface area (Å²) in [6.45, 7) is 4.57. The summed E-state index contributed by atoms with van der Waals surface area (Å²) in [5.41, 5.74) is 1.03. The number of anilines is 1. The molecule has 1 aliphatic heterocycles. The number of rotatable bonds is 5. The Morgan fingerprint density at radius 1 is 1.28 bits per heavy atom. The van der Waals surface area contributed by atoms with Crippen LogP contribution in [-0.4, -0.2) is 40.9 Å². The largest absolute Gasteiger partial charge is 0.480 e. The van der Waals surface area contributed by atoms with Crippen molar-refractivity contribution in [3.05, 3.63) is 52.4 Å². The molecule has 1 atom stereocenters. The molecule has 29 heavy (non-hydrogen) atoms. The van der Waals surface area contributed by atoms with Gasteiger partial charge < -0.3 is 15.0 Å². The zero-order valence-electron chi connectivity index (χ0n) is 16.3. The minimum absolute atomic E-state index is 0.0759. The van der Waals surface area contributed by atoms with E-state index >= 15 is 0 Å². The van der Waals surface area contributed by atoms with Crippen molar-refractivity contribution in [2.24, 2.45) is 5.92 Å². The van der Waals surface area contributed by atoms with Gasteiger partial charge in [-0.25, -0.2) is 9.37 Å². The molecular weight excluding hydrogens is 441 g/mol. The molecular formula is C21H23BrFN3O3. The van der Waals surface area contributed by atoms with E-state index in [9.17, 15) is 14.0 Å². The predicted molar refractivity (Wildman–Crippen MR) is 111 cm³/mol. The maximum absolute atomic E-state index is 13.2. The summed E-state index contributed by atoms with van der Waals surface area (Å²) < 4.78 is 19.3. The second-order valence-electron chi connectivity index (χ2n) is 7.14. The van der Waals surface area contributed by atoms with Crippen LogP contribution in [0.4, 0.5) is 10.2 Å². The molecule has 1 aromatic carbocycles. The number of hydrogen-bond donors (Lipinski definition) is 1. The summed E-state index contributed by atoms with van der Waals surface area (Å²) in [6.07, 6.45) is 2.16. The first-order chi connectivity index (χ1) is 13.8. The summed E-state index contributed by atoms with van der Waals surface area (Å²) >= 11 is 3.24. The number of carbonyl (C=O) groups is 2. The summed E-state index contributed by atoms with van der Waals surface area (Å²) in [6, 6.07) is 7.73. The van der Waals surface area contributed by atoms with Crippen LogP contribution in [0.2, 0.25) is 0 Å². The monoisotopic (exact) mass is 463 g/mol. The standard InChI is InChI=1S/C21H23BrFN3O3/c1-13-3-6-19(24-12-13)25-20(27)15-7-9-26(10-8-15)21(28)14(2)29-18-5-4-16(23)11-17(18)22/h3-6,11-12,14-15H,7-10H2,1-2H3,(H,24,25,27). The lowest BCUT2D eigenvalue weighted by atomic mass is 9.95. The molecule has 1 fully saturated rings. The van der Waals surface area contributed by atoms with Crippen molar-refractivity contribution in [1.82, 2.24) is 9.88 Å². The fraction of sp³-hybridized carbons (Fsp3) is 0.381. The third kappa shape index (κ3) is 5.53. The fourth-order valence-electron chi connectivity index (χ4n) is 3.20. The first-order valence-electron chi connectivity index (χ1n) is 9.47. The van der Waals surface area contributed by atoms with Crippen molar-refractivity contribution in [3.8, 4) is 5.75 Å². The maximum Gasteiger partial charge on any atom is 0.263 e. The predicted octanol–water partition coefficient (Wildman–Crippen LogP) is 3.94. The quantitative estimate of drug-likeness (QED) is 0.728. The van der Waals surface area contributed by atoms with Gasteiger partial charge in [-0.05, 0) is 72.4 Å². The van der Waals surface area contributed by atoms with Gasteiger partial charge in [0.1, 0.15) is 17.4 Å². The van der Waals surface area contributed by atoms with E-state index in [1.54, 1.807) is 24.1 Å². The van der Waals surface area contributed by atoms with Gasteiger partial charge in [-0.3, -0.25) is 9.59 Å². The lowest BCUT2D eigenvalue weighted by Gasteiger charge is -2.33. The lowest BCUT2D eigenvalue weighted by molar-refractivity contribution is -0.140. The highest BCUT2D eigenvalue weighted by atomic mass is 79.9. The number of nitrogens with one attached hydrogen (secondary N) is 1. The molecule has 2 aromatic rings. The van der Waals surface area contributed by atoms with Gasteiger partial charge in [-0.2, -0.15) is 0 Å². The number of hydrogen-bond acceptors (Lipinski definition) is 4. The normalized spacial score (nSPS) is 15.7. The molecule has 6 nitrogen and oxygen atoms in total. The van der Waals surface area contributed by atoms with Gasteiger partial charge in [0.15, 0.2) is 6.10 Å². The Hall–Kier alpha value is -2.48. The first-order valence-corrected chi connectivity index (χ1v) is 10.3. The average Bonchev–Trinajstić information content (AvgIpc) is 2.71. The number of pyridine rings is 1. The van der Waals surface area contributed by atoms with Crippen LogP contribution in [0.3, 0.4) is 0 Å². The Labute approximate surface area is 177 Å². The van der Waals surface area contributed by atoms with Crippen LogP contribution < -0.4 is 10.1 Å². The van der Waals surface area contributed by atoms with Crippen LogP contribution in [0.5, 0.6) is 5.75 Å². The van der Waals surface area contributed by atoms with Crippen LogP contribution in [-0.2, 0) is 9.59 Å². The summed E-state index contributed by atoms with van der Waals surface area (Å²) in [4.78, 5) is 31.0. The lowest BCUT2D eigenvalue weighted by Crippen LogP contribution is -2.46. The maximum atomic E-state index is 13.2. The van der Waals surface area contributed by atoms with E-state index < -0.39 is 6.10 Å².